The van der Waals surface area contributed by atoms with E-state index in [9.17, 15) is 15.0 Å². The summed E-state index contributed by atoms with van der Waals surface area (Å²) in [5.41, 5.74) is 2.28. The lowest BCUT2D eigenvalue weighted by Crippen LogP contribution is -2.58. The number of phenols is 2. The fraction of sp³-hybridized carbons (Fsp3) is 0.519. The number of piperidine rings is 1. The normalized spacial score (nSPS) is 23.1. The van der Waals surface area contributed by atoms with Gasteiger partial charge >= 0.3 is 0 Å². The average molecular weight is 439 g/mol. The van der Waals surface area contributed by atoms with Gasteiger partial charge < -0.3 is 15.1 Å². The van der Waals surface area contributed by atoms with Crippen molar-refractivity contribution >= 4 is 5.91 Å². The second-order valence-corrected chi connectivity index (χ2v) is 9.28. The summed E-state index contributed by atoms with van der Waals surface area (Å²) in [4.78, 5) is 17.4. The molecule has 1 amide bonds. The van der Waals surface area contributed by atoms with E-state index in [1.165, 1.54) is 12.0 Å². The molecular weight excluding hydrogens is 400 g/mol. The summed E-state index contributed by atoms with van der Waals surface area (Å²) in [5.74, 6) is 1.74. The summed E-state index contributed by atoms with van der Waals surface area (Å²) < 4.78 is 0. The Morgan fingerprint density at radius 3 is 2.41 bits per heavy atom. The molecule has 2 aliphatic rings. The van der Waals surface area contributed by atoms with Crippen molar-refractivity contribution in [3.05, 3.63) is 59.7 Å². The zero-order valence-electron chi connectivity index (χ0n) is 19.7. The number of benzene rings is 2. The first kappa shape index (κ1) is 24.1. The molecule has 2 aromatic rings. The Kier molecular flexibility index (Phi) is 8.57. The molecule has 3 atom stereocenters. The fourth-order valence-electron chi connectivity index (χ4n) is 4.90. The smallest absolute Gasteiger partial charge is 0.222 e. The lowest BCUT2D eigenvalue weighted by molar-refractivity contribution is -0.135. The molecule has 5 heteroatoms. The number of phenolic OH excluding ortho intramolecular Hbond substituents is 2. The number of hydrogen-bond donors (Lipinski definition) is 2. The van der Waals surface area contributed by atoms with Crippen molar-refractivity contribution in [1.82, 2.24) is 9.80 Å². The van der Waals surface area contributed by atoms with Crippen molar-refractivity contribution in [2.24, 2.45) is 5.92 Å². The number of hydrogen-bond acceptors (Lipinski definition) is 4. The first-order valence-electron chi connectivity index (χ1n) is 12.0. The second kappa shape index (κ2) is 11.4. The van der Waals surface area contributed by atoms with Crippen LogP contribution in [0.4, 0.5) is 0 Å². The van der Waals surface area contributed by atoms with Crippen molar-refractivity contribution in [2.45, 2.75) is 58.4 Å². The highest BCUT2D eigenvalue weighted by Gasteiger charge is 2.38. The number of fused-ring (bicyclic) bond motifs is 1. The van der Waals surface area contributed by atoms with E-state index in [2.05, 4.69) is 31.7 Å². The Morgan fingerprint density at radius 2 is 1.72 bits per heavy atom. The molecule has 4 rings (SSSR count). The summed E-state index contributed by atoms with van der Waals surface area (Å²) in [5, 5.41) is 19.3. The van der Waals surface area contributed by atoms with Crippen LogP contribution in [-0.4, -0.2) is 58.1 Å². The largest absolute Gasteiger partial charge is 0.508 e. The summed E-state index contributed by atoms with van der Waals surface area (Å²) in [6, 6.07) is 15.1. The third-order valence-corrected chi connectivity index (χ3v) is 6.56. The maximum Gasteiger partial charge on any atom is 0.222 e. The SMILES string of the molecule is CCC.C[C@H]1CN2CCN(C(=O)CCc3ccc(O)cc3)C[C@H]2C[C@H]1c1cccc(O)c1. The average Bonchev–Trinajstić information content (AvgIpc) is 2.78. The van der Waals surface area contributed by atoms with Crippen LogP contribution in [0.3, 0.4) is 0 Å². The van der Waals surface area contributed by atoms with Gasteiger partial charge in [0.05, 0.1) is 0 Å². The van der Waals surface area contributed by atoms with Crippen LogP contribution in [0.25, 0.3) is 0 Å². The van der Waals surface area contributed by atoms with Crippen molar-refractivity contribution in [2.75, 3.05) is 26.2 Å². The second-order valence-electron chi connectivity index (χ2n) is 9.28. The van der Waals surface area contributed by atoms with Crippen molar-refractivity contribution < 1.29 is 15.0 Å². The number of carbonyl (C=O) groups is 1. The van der Waals surface area contributed by atoms with Gasteiger partial charge in [0.25, 0.3) is 0 Å². The van der Waals surface area contributed by atoms with Crippen LogP contribution in [0.1, 0.15) is 57.1 Å². The Morgan fingerprint density at radius 1 is 1.00 bits per heavy atom. The molecule has 0 bridgehead atoms. The number of nitrogens with zero attached hydrogens (tertiary/aromatic N) is 2. The van der Waals surface area contributed by atoms with Crippen LogP contribution >= 0.6 is 0 Å². The van der Waals surface area contributed by atoms with Crippen LogP contribution in [-0.2, 0) is 11.2 Å². The quantitative estimate of drug-likeness (QED) is 0.721. The molecule has 2 saturated heterocycles. The minimum Gasteiger partial charge on any atom is -0.508 e. The van der Waals surface area contributed by atoms with E-state index in [4.69, 9.17) is 0 Å². The molecule has 2 aliphatic heterocycles. The van der Waals surface area contributed by atoms with E-state index in [1.54, 1.807) is 18.2 Å². The zero-order valence-corrected chi connectivity index (χ0v) is 19.7. The standard InChI is InChI=1S/C24H30N2O3.C3H8/c1-17-15-25-11-12-26(24(29)10-7-18-5-8-21(27)9-6-18)16-20(25)14-23(17)19-3-2-4-22(28)13-19;1-3-2/h2-6,8-9,13,17,20,23,27-28H,7,10-12,14-16H2,1H3;3H2,1-2H3/t17-,20+,23+;/m0./s1. The molecular formula is C27H38N2O3. The van der Waals surface area contributed by atoms with Crippen LogP contribution in [0, 0.1) is 5.92 Å². The summed E-state index contributed by atoms with van der Waals surface area (Å²) in [6.45, 7) is 10.1. The summed E-state index contributed by atoms with van der Waals surface area (Å²) in [6.07, 6.45) is 3.48. The van der Waals surface area contributed by atoms with Crippen molar-refractivity contribution in [3.8, 4) is 11.5 Å². The monoisotopic (exact) mass is 438 g/mol. The molecule has 32 heavy (non-hydrogen) atoms. The van der Waals surface area contributed by atoms with Crippen LogP contribution in [0.15, 0.2) is 48.5 Å². The van der Waals surface area contributed by atoms with Crippen molar-refractivity contribution in [1.29, 1.82) is 0 Å². The third-order valence-electron chi connectivity index (χ3n) is 6.56. The van der Waals surface area contributed by atoms with Crippen LogP contribution in [0.2, 0.25) is 0 Å². The lowest BCUT2D eigenvalue weighted by atomic mass is 9.77. The maximum atomic E-state index is 12.8. The van der Waals surface area contributed by atoms with Gasteiger partial charge in [-0.1, -0.05) is 51.5 Å². The summed E-state index contributed by atoms with van der Waals surface area (Å²) in [7, 11) is 0. The Bertz CT molecular complexity index is 867. The van der Waals surface area contributed by atoms with E-state index < -0.39 is 0 Å². The molecule has 0 radical (unpaired) electrons. The highest BCUT2D eigenvalue weighted by atomic mass is 16.3. The first-order valence-corrected chi connectivity index (χ1v) is 12.0. The van der Waals surface area contributed by atoms with E-state index >= 15 is 0 Å². The summed E-state index contributed by atoms with van der Waals surface area (Å²) >= 11 is 0. The number of aromatic hydroxyl groups is 2. The van der Waals surface area contributed by atoms with Crippen LogP contribution in [0.5, 0.6) is 11.5 Å². The Hall–Kier alpha value is -2.53. The van der Waals surface area contributed by atoms with Gasteiger partial charge in [0.15, 0.2) is 0 Å². The Labute approximate surface area is 192 Å². The molecule has 0 aliphatic carbocycles. The van der Waals surface area contributed by atoms with Gasteiger partial charge in [0, 0.05) is 38.6 Å². The van der Waals surface area contributed by atoms with E-state index in [0.717, 1.165) is 38.2 Å². The zero-order chi connectivity index (χ0) is 23.1. The molecule has 0 spiro atoms. The van der Waals surface area contributed by atoms with Gasteiger partial charge in [-0.2, -0.15) is 0 Å². The molecule has 0 aromatic heterocycles. The lowest BCUT2D eigenvalue weighted by Gasteiger charge is -2.48. The third kappa shape index (κ3) is 6.26. The molecule has 174 valence electrons. The van der Waals surface area contributed by atoms with Gasteiger partial charge in [-0.25, -0.2) is 0 Å². The van der Waals surface area contributed by atoms with E-state index in [-0.39, 0.29) is 11.7 Å². The Balaban J connectivity index is 0.000000913. The van der Waals surface area contributed by atoms with Crippen molar-refractivity contribution in [3.63, 3.8) is 0 Å². The highest BCUT2D eigenvalue weighted by Crippen LogP contribution is 2.38. The topological polar surface area (TPSA) is 64.0 Å². The van der Waals surface area contributed by atoms with Gasteiger partial charge in [0.2, 0.25) is 5.91 Å². The molecule has 2 aromatic carbocycles. The van der Waals surface area contributed by atoms with E-state index in [0.29, 0.717) is 36.5 Å². The van der Waals surface area contributed by atoms with Crippen LogP contribution < -0.4 is 0 Å². The molecule has 0 unspecified atom stereocenters. The predicted molar refractivity (Wildman–Crippen MR) is 129 cm³/mol. The number of aryl methyl sites for hydroxylation is 1. The molecule has 2 heterocycles. The van der Waals surface area contributed by atoms with Gasteiger partial charge in [-0.3, -0.25) is 9.69 Å². The maximum absolute atomic E-state index is 12.8. The number of carbonyl (C=O) groups excluding carboxylic acids is 1. The molecule has 2 N–H and O–H groups in total. The van der Waals surface area contributed by atoms with Gasteiger partial charge in [0.1, 0.15) is 11.5 Å². The number of piperazine rings is 1. The predicted octanol–water partition coefficient (Wildman–Crippen LogP) is 4.78. The minimum absolute atomic E-state index is 0.213. The van der Waals surface area contributed by atoms with Gasteiger partial charge in [-0.15, -0.1) is 0 Å². The minimum atomic E-state index is 0.213. The fourth-order valence-corrected chi connectivity index (χ4v) is 4.90. The first-order chi connectivity index (χ1) is 15.4. The number of rotatable bonds is 4. The molecule has 5 nitrogen and oxygen atoms in total. The van der Waals surface area contributed by atoms with E-state index in [1.807, 2.05) is 29.2 Å². The molecule has 0 saturated carbocycles. The highest BCUT2D eigenvalue weighted by molar-refractivity contribution is 5.76. The number of amides is 1. The molecule has 2 fully saturated rings. The van der Waals surface area contributed by atoms with Gasteiger partial charge in [-0.05, 0) is 60.1 Å².